The second-order valence-corrected chi connectivity index (χ2v) is 4.74. The van der Waals surface area contributed by atoms with Crippen LogP contribution in [0.3, 0.4) is 0 Å². The van der Waals surface area contributed by atoms with Crippen LogP contribution in [0.5, 0.6) is 0 Å². The van der Waals surface area contributed by atoms with E-state index < -0.39 is 0 Å². The molecule has 1 heterocycles. The van der Waals surface area contributed by atoms with Crippen molar-refractivity contribution in [3.8, 4) is 0 Å². The van der Waals surface area contributed by atoms with Gasteiger partial charge in [0, 0.05) is 4.47 Å². The normalized spacial score (nSPS) is 12.6. The van der Waals surface area contributed by atoms with Gasteiger partial charge in [-0.3, -0.25) is 0 Å². The van der Waals surface area contributed by atoms with Gasteiger partial charge in [-0.2, -0.15) is 15.4 Å². The molecule has 0 aliphatic rings. The average Bonchev–Trinajstić information content (AvgIpc) is 2.78. The van der Waals surface area contributed by atoms with Gasteiger partial charge in [-0.15, -0.1) is 0 Å². The van der Waals surface area contributed by atoms with Crippen molar-refractivity contribution in [1.82, 2.24) is 15.4 Å². The van der Waals surface area contributed by atoms with Crippen LogP contribution in [0, 0.1) is 0 Å². The predicted molar refractivity (Wildman–Crippen MR) is 67.3 cm³/mol. The van der Waals surface area contributed by atoms with Gasteiger partial charge in [0.2, 0.25) is 0 Å². The number of nitrogens with one attached hydrogen (secondary N) is 1. The Balaban J connectivity index is 2.16. The summed E-state index contributed by atoms with van der Waals surface area (Å²) in [5, 5.41) is 10.6. The highest BCUT2D eigenvalue weighted by molar-refractivity contribution is 9.10. The zero-order valence-electron chi connectivity index (χ0n) is 9.15. The number of benzene rings is 1. The lowest BCUT2D eigenvalue weighted by molar-refractivity contribution is 0.647. The van der Waals surface area contributed by atoms with Gasteiger partial charge in [0.25, 0.3) is 0 Å². The van der Waals surface area contributed by atoms with Crippen molar-refractivity contribution < 1.29 is 0 Å². The van der Waals surface area contributed by atoms with Crippen molar-refractivity contribution >= 4 is 15.9 Å². The van der Waals surface area contributed by atoms with Crippen molar-refractivity contribution in [2.45, 2.75) is 25.7 Å². The van der Waals surface area contributed by atoms with Crippen molar-refractivity contribution in [2.24, 2.45) is 0 Å². The molecule has 2 rings (SSSR count). The number of halogens is 1. The second-order valence-electron chi connectivity index (χ2n) is 3.83. The molecule has 4 heteroatoms. The van der Waals surface area contributed by atoms with E-state index in [1.807, 2.05) is 6.07 Å². The first kappa shape index (κ1) is 11.3. The first-order valence-electron chi connectivity index (χ1n) is 5.39. The summed E-state index contributed by atoms with van der Waals surface area (Å²) in [6.45, 7) is 2.20. The van der Waals surface area contributed by atoms with Gasteiger partial charge in [0.05, 0.1) is 11.9 Å². The van der Waals surface area contributed by atoms with E-state index in [2.05, 4.69) is 56.5 Å². The molecule has 1 aromatic heterocycles. The largest absolute Gasteiger partial charge is 0.198 e. The molecule has 1 aromatic carbocycles. The summed E-state index contributed by atoms with van der Waals surface area (Å²) in [4.78, 5) is 0. The molecule has 0 radical (unpaired) electrons. The summed E-state index contributed by atoms with van der Waals surface area (Å²) in [5.74, 6) is 0.502. The Labute approximate surface area is 103 Å². The van der Waals surface area contributed by atoms with E-state index in [0.29, 0.717) is 5.92 Å². The molecule has 0 bridgehead atoms. The summed E-state index contributed by atoms with van der Waals surface area (Å²) in [7, 11) is 0. The lowest BCUT2D eigenvalue weighted by Gasteiger charge is -2.13. The van der Waals surface area contributed by atoms with Crippen molar-refractivity contribution in [2.75, 3.05) is 0 Å². The first-order valence-corrected chi connectivity index (χ1v) is 6.19. The monoisotopic (exact) mass is 279 g/mol. The quantitative estimate of drug-likeness (QED) is 0.933. The highest BCUT2D eigenvalue weighted by Gasteiger charge is 2.11. The van der Waals surface area contributed by atoms with Crippen LogP contribution in [0.1, 0.15) is 30.5 Å². The van der Waals surface area contributed by atoms with Crippen molar-refractivity contribution in [1.29, 1.82) is 0 Å². The minimum absolute atomic E-state index is 0.502. The maximum Gasteiger partial charge on any atom is 0.0830 e. The van der Waals surface area contributed by atoms with E-state index in [4.69, 9.17) is 0 Å². The number of H-pyrrole nitrogens is 1. The molecule has 84 valence electrons. The lowest BCUT2D eigenvalue weighted by atomic mass is 9.92. The summed E-state index contributed by atoms with van der Waals surface area (Å²) in [5.41, 5.74) is 2.37. The zero-order chi connectivity index (χ0) is 11.4. The summed E-state index contributed by atoms with van der Waals surface area (Å²) in [6, 6.07) is 8.46. The van der Waals surface area contributed by atoms with Gasteiger partial charge in [0.15, 0.2) is 0 Å². The zero-order valence-corrected chi connectivity index (χ0v) is 10.7. The molecule has 0 saturated carbocycles. The fourth-order valence-corrected chi connectivity index (χ4v) is 2.25. The minimum Gasteiger partial charge on any atom is -0.198 e. The standard InChI is InChI=1S/C12H14BrN3/c1-2-9(7-12-8-14-16-15-12)10-4-3-5-11(13)6-10/h3-6,8-9H,2,7H2,1H3,(H,14,15,16). The van der Waals surface area contributed by atoms with Crippen LogP contribution in [0.4, 0.5) is 0 Å². The van der Waals surface area contributed by atoms with Gasteiger partial charge in [-0.1, -0.05) is 35.0 Å². The molecule has 1 atom stereocenters. The number of rotatable bonds is 4. The fourth-order valence-electron chi connectivity index (χ4n) is 1.83. The number of hydrogen-bond acceptors (Lipinski definition) is 2. The van der Waals surface area contributed by atoms with Crippen LogP contribution in [-0.4, -0.2) is 15.4 Å². The van der Waals surface area contributed by atoms with Crippen LogP contribution >= 0.6 is 15.9 Å². The minimum atomic E-state index is 0.502. The summed E-state index contributed by atoms with van der Waals surface area (Å²) >= 11 is 3.50. The van der Waals surface area contributed by atoms with Crippen molar-refractivity contribution in [3.05, 3.63) is 46.2 Å². The van der Waals surface area contributed by atoms with E-state index in [0.717, 1.165) is 23.0 Å². The molecule has 0 aliphatic carbocycles. The van der Waals surface area contributed by atoms with Gasteiger partial charge in [0.1, 0.15) is 0 Å². The molecule has 0 spiro atoms. The molecule has 0 saturated heterocycles. The summed E-state index contributed by atoms with van der Waals surface area (Å²) in [6.07, 6.45) is 3.83. The molecular formula is C12H14BrN3. The molecule has 0 aliphatic heterocycles. The van der Waals surface area contributed by atoms with Gasteiger partial charge < -0.3 is 0 Å². The number of nitrogens with zero attached hydrogens (tertiary/aromatic N) is 2. The maximum absolute atomic E-state index is 4.10. The third-order valence-corrected chi connectivity index (χ3v) is 3.23. The molecule has 1 unspecified atom stereocenters. The topological polar surface area (TPSA) is 41.6 Å². The number of aromatic nitrogens is 3. The molecule has 3 nitrogen and oxygen atoms in total. The van der Waals surface area contributed by atoms with Gasteiger partial charge in [-0.25, -0.2) is 0 Å². The summed E-state index contributed by atoms with van der Waals surface area (Å²) < 4.78 is 1.13. The Morgan fingerprint density at radius 3 is 2.94 bits per heavy atom. The molecular weight excluding hydrogens is 266 g/mol. The van der Waals surface area contributed by atoms with E-state index in [1.165, 1.54) is 5.56 Å². The first-order chi connectivity index (χ1) is 7.79. The Morgan fingerprint density at radius 1 is 1.44 bits per heavy atom. The third-order valence-electron chi connectivity index (χ3n) is 2.73. The van der Waals surface area contributed by atoms with E-state index in [9.17, 15) is 0 Å². The van der Waals surface area contributed by atoms with E-state index in [-0.39, 0.29) is 0 Å². The van der Waals surface area contributed by atoms with Crippen molar-refractivity contribution in [3.63, 3.8) is 0 Å². The number of hydrogen-bond donors (Lipinski definition) is 1. The Hall–Kier alpha value is -1.16. The van der Waals surface area contributed by atoms with E-state index >= 15 is 0 Å². The SMILES string of the molecule is CCC(Cc1cn[nH]n1)c1cccc(Br)c1. The molecule has 0 amide bonds. The second kappa shape index (κ2) is 5.25. The Bertz CT molecular complexity index is 439. The average molecular weight is 280 g/mol. The van der Waals surface area contributed by atoms with Crippen LogP contribution in [0.25, 0.3) is 0 Å². The van der Waals surface area contributed by atoms with Gasteiger partial charge >= 0.3 is 0 Å². The Morgan fingerprint density at radius 2 is 2.31 bits per heavy atom. The third kappa shape index (κ3) is 2.70. The maximum atomic E-state index is 4.10. The highest BCUT2D eigenvalue weighted by atomic mass is 79.9. The van der Waals surface area contributed by atoms with Crippen LogP contribution in [0.2, 0.25) is 0 Å². The van der Waals surface area contributed by atoms with Crippen LogP contribution in [0.15, 0.2) is 34.9 Å². The predicted octanol–water partition coefficient (Wildman–Crippen LogP) is 3.30. The Kier molecular flexibility index (Phi) is 3.72. The lowest BCUT2D eigenvalue weighted by Crippen LogP contribution is -2.02. The van der Waals surface area contributed by atoms with Crippen LogP contribution < -0.4 is 0 Å². The number of aromatic amines is 1. The fraction of sp³-hybridized carbons (Fsp3) is 0.333. The highest BCUT2D eigenvalue weighted by Crippen LogP contribution is 2.25. The molecule has 0 fully saturated rings. The molecule has 1 N–H and O–H groups in total. The van der Waals surface area contributed by atoms with E-state index in [1.54, 1.807) is 6.20 Å². The molecule has 16 heavy (non-hydrogen) atoms. The van der Waals surface area contributed by atoms with Crippen LogP contribution in [-0.2, 0) is 6.42 Å². The smallest absolute Gasteiger partial charge is 0.0830 e. The molecule has 2 aromatic rings. The van der Waals surface area contributed by atoms with Gasteiger partial charge in [-0.05, 0) is 36.5 Å².